The number of aliphatic imine (C=N–C) groups is 1. The molecule has 0 radical (unpaired) electrons. The number of nitrogens with zero attached hydrogens (tertiary/aromatic N) is 3. The number of nitrogens with one attached hydrogen (secondary N) is 1. The van der Waals surface area contributed by atoms with Gasteiger partial charge in [-0.2, -0.15) is 0 Å². The number of ether oxygens (including phenoxy) is 1. The molecule has 3 atom stereocenters. The summed E-state index contributed by atoms with van der Waals surface area (Å²) in [7, 11) is 3.81. The third-order valence-electron chi connectivity index (χ3n) is 4.91. The lowest BCUT2D eigenvalue weighted by Gasteiger charge is -2.27. The van der Waals surface area contributed by atoms with E-state index in [0.29, 0.717) is 0 Å². The van der Waals surface area contributed by atoms with E-state index in [4.69, 9.17) is 14.7 Å². The zero-order valence-electron chi connectivity index (χ0n) is 16.8. The summed E-state index contributed by atoms with van der Waals surface area (Å²) in [5.41, 5.74) is 1.07. The molecule has 1 aromatic heterocycles. The van der Waals surface area contributed by atoms with E-state index in [0.717, 1.165) is 48.1 Å². The Labute approximate surface area is 180 Å². The number of hydrogen-bond donors (Lipinski definition) is 1. The minimum absolute atomic E-state index is 0. The summed E-state index contributed by atoms with van der Waals surface area (Å²) < 4.78 is 5.35. The molecular formula is C19H35IN4OS. The highest BCUT2D eigenvalue weighted by molar-refractivity contribution is 14.0. The van der Waals surface area contributed by atoms with Gasteiger partial charge in [0, 0.05) is 32.6 Å². The van der Waals surface area contributed by atoms with Gasteiger partial charge in [0.15, 0.2) is 5.96 Å². The molecule has 0 bridgehead atoms. The van der Waals surface area contributed by atoms with Crippen LogP contribution in [-0.4, -0.2) is 43.1 Å². The van der Waals surface area contributed by atoms with Crippen LogP contribution in [0.15, 0.2) is 10.4 Å². The average Bonchev–Trinajstić information content (AvgIpc) is 3.06. The van der Waals surface area contributed by atoms with Crippen LogP contribution in [0, 0.1) is 11.8 Å². The maximum Gasteiger partial charge on any atom is 0.194 e. The largest absolute Gasteiger partial charge is 0.375 e. The van der Waals surface area contributed by atoms with E-state index in [9.17, 15) is 0 Å². The van der Waals surface area contributed by atoms with E-state index in [-0.39, 0.29) is 30.1 Å². The minimum Gasteiger partial charge on any atom is -0.375 e. The fourth-order valence-corrected chi connectivity index (χ4v) is 4.25. The average molecular weight is 494 g/mol. The Kier molecular flexibility index (Phi) is 11.0. The maximum atomic E-state index is 5.35. The van der Waals surface area contributed by atoms with Crippen molar-refractivity contribution in [1.29, 1.82) is 0 Å². The molecule has 2 rings (SSSR count). The van der Waals surface area contributed by atoms with Gasteiger partial charge >= 0.3 is 0 Å². The third-order valence-corrected chi connectivity index (χ3v) is 5.97. The second kappa shape index (κ2) is 12.1. The van der Waals surface area contributed by atoms with E-state index in [1.807, 2.05) is 6.92 Å². The molecule has 0 aromatic carbocycles. The predicted molar refractivity (Wildman–Crippen MR) is 122 cm³/mol. The lowest BCUT2D eigenvalue weighted by Crippen LogP contribution is -2.39. The van der Waals surface area contributed by atoms with Crippen molar-refractivity contribution in [3.63, 3.8) is 0 Å². The lowest BCUT2D eigenvalue weighted by molar-refractivity contribution is 0.119. The van der Waals surface area contributed by atoms with Crippen molar-refractivity contribution >= 4 is 41.3 Å². The van der Waals surface area contributed by atoms with Crippen molar-refractivity contribution in [1.82, 2.24) is 15.2 Å². The van der Waals surface area contributed by atoms with Crippen LogP contribution in [0.25, 0.3) is 0 Å². The van der Waals surface area contributed by atoms with Crippen molar-refractivity contribution in [2.75, 3.05) is 27.2 Å². The topological polar surface area (TPSA) is 49.8 Å². The first kappa shape index (κ1) is 23.6. The van der Waals surface area contributed by atoms with Gasteiger partial charge in [-0.15, -0.1) is 35.3 Å². The van der Waals surface area contributed by atoms with Gasteiger partial charge in [0.05, 0.1) is 12.2 Å². The van der Waals surface area contributed by atoms with Crippen LogP contribution in [0.5, 0.6) is 0 Å². The van der Waals surface area contributed by atoms with Crippen LogP contribution in [0.2, 0.25) is 0 Å². The van der Waals surface area contributed by atoms with Crippen LogP contribution < -0.4 is 5.32 Å². The number of hydrogen-bond acceptors (Lipinski definition) is 4. The van der Waals surface area contributed by atoms with E-state index in [1.165, 1.54) is 25.7 Å². The van der Waals surface area contributed by atoms with Crippen LogP contribution >= 0.6 is 35.3 Å². The monoisotopic (exact) mass is 494 g/mol. The van der Waals surface area contributed by atoms with Crippen LogP contribution in [-0.2, 0) is 11.3 Å². The first-order chi connectivity index (χ1) is 12.0. The van der Waals surface area contributed by atoms with Crippen molar-refractivity contribution < 1.29 is 4.74 Å². The van der Waals surface area contributed by atoms with Crippen LogP contribution in [0.3, 0.4) is 0 Å². The van der Waals surface area contributed by atoms with Gasteiger partial charge < -0.3 is 15.0 Å². The quantitative estimate of drug-likeness (QED) is 0.340. The highest BCUT2D eigenvalue weighted by Gasteiger charge is 2.19. The van der Waals surface area contributed by atoms with Crippen molar-refractivity contribution in [2.24, 2.45) is 16.8 Å². The van der Waals surface area contributed by atoms with Gasteiger partial charge in [-0.05, 0) is 38.5 Å². The first-order valence-corrected chi connectivity index (χ1v) is 10.4. The number of rotatable bonds is 7. The van der Waals surface area contributed by atoms with E-state index in [2.05, 4.69) is 36.5 Å². The Hall–Kier alpha value is -0.410. The summed E-state index contributed by atoms with van der Waals surface area (Å²) in [4.78, 5) is 11.8. The smallest absolute Gasteiger partial charge is 0.194 e. The van der Waals surface area contributed by atoms with E-state index >= 15 is 0 Å². The summed E-state index contributed by atoms with van der Waals surface area (Å²) >= 11 is 1.66. The Bertz CT molecular complexity index is 551. The molecule has 0 spiro atoms. The molecule has 7 heteroatoms. The molecule has 1 aromatic rings. The van der Waals surface area contributed by atoms with Gasteiger partial charge in [-0.25, -0.2) is 4.98 Å². The molecule has 150 valence electrons. The maximum absolute atomic E-state index is 5.35. The number of thiazole rings is 1. The Morgan fingerprint density at radius 2 is 2.27 bits per heavy atom. The summed E-state index contributed by atoms with van der Waals surface area (Å²) in [5, 5.41) is 6.57. The van der Waals surface area contributed by atoms with Gasteiger partial charge in [0.2, 0.25) is 0 Å². The fraction of sp³-hybridized carbons (Fsp3) is 0.789. The molecule has 1 aliphatic rings. The van der Waals surface area contributed by atoms with Crippen molar-refractivity contribution in [2.45, 2.75) is 59.1 Å². The summed E-state index contributed by atoms with van der Waals surface area (Å²) in [6.07, 6.45) is 5.43. The molecule has 3 unspecified atom stereocenters. The van der Waals surface area contributed by atoms with Gasteiger partial charge in [0.1, 0.15) is 11.1 Å². The molecular weight excluding hydrogens is 459 g/mol. The summed E-state index contributed by atoms with van der Waals surface area (Å²) in [6, 6.07) is 0. The second-order valence-corrected chi connectivity index (χ2v) is 8.13. The normalized spacial score (nSPS) is 21.8. The Balaban J connectivity index is 0.00000338. The van der Waals surface area contributed by atoms with Gasteiger partial charge in [-0.3, -0.25) is 4.99 Å². The van der Waals surface area contributed by atoms with E-state index in [1.54, 1.807) is 18.4 Å². The summed E-state index contributed by atoms with van der Waals surface area (Å²) in [5.74, 6) is 2.57. The zero-order chi connectivity index (χ0) is 18.2. The molecule has 0 amide bonds. The lowest BCUT2D eigenvalue weighted by atomic mass is 9.82. The molecule has 1 N–H and O–H groups in total. The van der Waals surface area contributed by atoms with Crippen molar-refractivity contribution in [3.8, 4) is 0 Å². The molecule has 1 aliphatic carbocycles. The molecule has 0 aliphatic heterocycles. The zero-order valence-corrected chi connectivity index (χ0v) is 20.0. The van der Waals surface area contributed by atoms with Crippen LogP contribution in [0.1, 0.15) is 63.3 Å². The molecule has 1 heterocycles. The summed E-state index contributed by atoms with van der Waals surface area (Å²) in [6.45, 7) is 9.09. The number of methoxy groups -OCH3 is 1. The molecule has 26 heavy (non-hydrogen) atoms. The van der Waals surface area contributed by atoms with E-state index < -0.39 is 0 Å². The van der Waals surface area contributed by atoms with Gasteiger partial charge in [0.25, 0.3) is 0 Å². The first-order valence-electron chi connectivity index (χ1n) is 9.50. The highest BCUT2D eigenvalue weighted by atomic mass is 127. The molecule has 1 saturated carbocycles. The minimum atomic E-state index is 0. The Morgan fingerprint density at radius 3 is 2.92 bits per heavy atom. The highest BCUT2D eigenvalue weighted by Crippen LogP contribution is 2.28. The number of aromatic nitrogens is 1. The van der Waals surface area contributed by atoms with Crippen LogP contribution in [0.4, 0.5) is 0 Å². The standard InChI is InChI=1S/C19H34N4OS.HI/c1-6-20-19(21-11-16-9-7-8-14(2)10-16)23(4)12-17-13-25-18(22-17)15(3)24-5;/h13-16H,6-12H2,1-5H3,(H,20,21);1H. The predicted octanol–water partition coefficient (Wildman–Crippen LogP) is 4.69. The van der Waals surface area contributed by atoms with Crippen molar-refractivity contribution in [3.05, 3.63) is 16.1 Å². The fourth-order valence-electron chi connectivity index (χ4n) is 3.41. The number of halogens is 1. The molecule has 1 fully saturated rings. The SMILES string of the molecule is CCNC(=NCC1CCCC(C)C1)N(C)Cc1csc(C(C)OC)n1.I. The molecule has 0 saturated heterocycles. The molecule has 5 nitrogen and oxygen atoms in total. The Morgan fingerprint density at radius 1 is 1.50 bits per heavy atom. The number of guanidine groups is 1. The third kappa shape index (κ3) is 7.31. The second-order valence-electron chi connectivity index (χ2n) is 7.24. The van der Waals surface area contributed by atoms with Gasteiger partial charge in [-0.1, -0.05) is 19.8 Å².